The first-order chi connectivity index (χ1) is 24.0. The lowest BCUT2D eigenvalue weighted by Gasteiger charge is -2.50. The van der Waals surface area contributed by atoms with Gasteiger partial charge in [0, 0.05) is 16.7 Å². The van der Waals surface area contributed by atoms with E-state index in [0.717, 1.165) is 56.7 Å². The van der Waals surface area contributed by atoms with Crippen molar-refractivity contribution in [2.24, 2.45) is 17.8 Å². The summed E-state index contributed by atoms with van der Waals surface area (Å²) in [4.78, 5) is 15.2. The molecule has 240 valence electrons. The van der Waals surface area contributed by atoms with Gasteiger partial charge in [0.05, 0.1) is 11.6 Å². The summed E-state index contributed by atoms with van der Waals surface area (Å²) in [6.07, 6.45) is 6.62. The van der Waals surface area contributed by atoms with Gasteiger partial charge in [0.1, 0.15) is 0 Å². The van der Waals surface area contributed by atoms with Crippen LogP contribution in [0.5, 0.6) is 0 Å². The normalized spacial score (nSPS) is 21.5. The average molecular weight is 637 g/mol. The number of hydrogen-bond acceptors (Lipinski definition) is 4. The second-order valence-corrected chi connectivity index (χ2v) is 14.5. The molecule has 2 unspecified atom stereocenters. The van der Waals surface area contributed by atoms with Crippen molar-refractivity contribution in [3.05, 3.63) is 139 Å². The number of fused-ring (bicyclic) bond motifs is 2. The number of nitriles is 1. The highest BCUT2D eigenvalue weighted by Crippen LogP contribution is 2.54. The van der Waals surface area contributed by atoms with Crippen LogP contribution in [0.3, 0.4) is 0 Å². The minimum atomic E-state index is 0.278. The number of aromatic nitrogens is 3. The highest BCUT2D eigenvalue weighted by atomic mass is 15.0. The lowest BCUT2D eigenvalue weighted by atomic mass is 9.54. The van der Waals surface area contributed by atoms with E-state index < -0.39 is 0 Å². The number of hydrogen-bond donors (Lipinski definition) is 0. The van der Waals surface area contributed by atoms with Gasteiger partial charge < -0.3 is 0 Å². The summed E-state index contributed by atoms with van der Waals surface area (Å²) in [5.41, 5.74) is 9.57. The summed E-state index contributed by atoms with van der Waals surface area (Å²) >= 11 is 0. The van der Waals surface area contributed by atoms with Gasteiger partial charge in [-0.05, 0) is 101 Å². The Kier molecular flexibility index (Phi) is 8.14. The number of benzene rings is 5. The van der Waals surface area contributed by atoms with Crippen molar-refractivity contribution in [3.8, 4) is 62.5 Å². The van der Waals surface area contributed by atoms with Crippen molar-refractivity contribution in [3.63, 3.8) is 0 Å². The van der Waals surface area contributed by atoms with Gasteiger partial charge in [0.25, 0.3) is 0 Å². The number of nitrogens with zero attached hydrogens (tertiary/aromatic N) is 4. The van der Waals surface area contributed by atoms with Crippen molar-refractivity contribution < 1.29 is 0 Å². The van der Waals surface area contributed by atoms with Crippen LogP contribution in [0, 0.1) is 29.1 Å². The van der Waals surface area contributed by atoms with E-state index in [9.17, 15) is 5.26 Å². The molecule has 5 aromatic carbocycles. The van der Waals surface area contributed by atoms with Gasteiger partial charge in [-0.1, -0.05) is 123 Å². The van der Waals surface area contributed by atoms with Crippen LogP contribution < -0.4 is 0 Å². The molecule has 0 spiro atoms. The minimum absolute atomic E-state index is 0.278. The fraction of sp³-hybridized carbons (Fsp3) is 0.244. The molecule has 4 nitrogen and oxygen atoms in total. The molecular formula is C45H40N4. The van der Waals surface area contributed by atoms with Gasteiger partial charge in [-0.2, -0.15) is 5.26 Å². The first-order valence-corrected chi connectivity index (χ1v) is 17.6. The summed E-state index contributed by atoms with van der Waals surface area (Å²) in [6, 6.07) is 46.2. The maximum absolute atomic E-state index is 9.43. The Morgan fingerprint density at radius 3 is 1.61 bits per heavy atom. The van der Waals surface area contributed by atoms with Crippen LogP contribution in [0.25, 0.3) is 56.4 Å². The quantitative estimate of drug-likeness (QED) is 0.182. The van der Waals surface area contributed by atoms with E-state index in [4.69, 9.17) is 15.0 Å². The Hall–Kier alpha value is -5.40. The molecule has 1 aromatic heterocycles. The van der Waals surface area contributed by atoms with Crippen molar-refractivity contribution in [1.82, 2.24) is 15.0 Å². The Bertz CT molecular complexity index is 2110. The van der Waals surface area contributed by atoms with E-state index in [0.29, 0.717) is 23.0 Å². The molecular weight excluding hydrogens is 597 g/mol. The molecule has 2 aliphatic rings. The van der Waals surface area contributed by atoms with Crippen LogP contribution in [0.2, 0.25) is 0 Å². The van der Waals surface area contributed by atoms with E-state index in [1.807, 2.05) is 48.5 Å². The zero-order chi connectivity index (χ0) is 33.4. The van der Waals surface area contributed by atoms with E-state index in [1.165, 1.54) is 37.7 Å². The molecule has 4 atom stereocenters. The van der Waals surface area contributed by atoms with E-state index in [1.54, 1.807) is 0 Å². The molecule has 2 fully saturated rings. The maximum atomic E-state index is 9.43. The third-order valence-corrected chi connectivity index (χ3v) is 10.7. The molecule has 1 heterocycles. The van der Waals surface area contributed by atoms with Crippen molar-refractivity contribution in [1.29, 1.82) is 5.26 Å². The molecule has 4 heteroatoms. The molecule has 8 rings (SSSR count). The Balaban J connectivity index is 1.23. The molecule has 2 aliphatic carbocycles. The molecule has 2 bridgehead atoms. The number of rotatable bonds is 6. The third kappa shape index (κ3) is 6.18. The van der Waals surface area contributed by atoms with E-state index in [-0.39, 0.29) is 5.41 Å². The molecule has 0 amide bonds. The Morgan fingerprint density at radius 2 is 1.02 bits per heavy atom. The van der Waals surface area contributed by atoms with Crippen LogP contribution >= 0.6 is 0 Å². The molecule has 0 aliphatic heterocycles. The van der Waals surface area contributed by atoms with Crippen molar-refractivity contribution >= 4 is 0 Å². The fourth-order valence-electron chi connectivity index (χ4n) is 8.90. The summed E-state index contributed by atoms with van der Waals surface area (Å²) in [6.45, 7) is 4.89. The van der Waals surface area contributed by atoms with Crippen LogP contribution in [0.4, 0.5) is 0 Å². The second-order valence-electron chi connectivity index (χ2n) is 14.5. The fourth-order valence-corrected chi connectivity index (χ4v) is 8.90. The van der Waals surface area contributed by atoms with Crippen LogP contribution in [-0.2, 0) is 5.41 Å². The third-order valence-electron chi connectivity index (χ3n) is 10.7. The second kappa shape index (κ2) is 12.9. The monoisotopic (exact) mass is 636 g/mol. The standard InChI is InChI=1S/C45H40N4/c1-30-23-33-24-31(2)27-45(26-30,28-33)39-20-17-37(18-21-39)43-47-42(36-11-7-4-8-12-36)48-44(49-43)38-19-22-40(34-9-5-3-6-10-34)41(25-38)35-15-13-32(29-46)14-16-35/h3-22,25,30-31,33H,23-24,26-28H2,1-2H3/t30-,31+,33?,45?. The topological polar surface area (TPSA) is 62.5 Å². The van der Waals surface area contributed by atoms with Crippen LogP contribution in [0.15, 0.2) is 127 Å². The first-order valence-electron chi connectivity index (χ1n) is 17.6. The van der Waals surface area contributed by atoms with Gasteiger partial charge in [0.2, 0.25) is 0 Å². The predicted octanol–water partition coefficient (Wildman–Crippen LogP) is 11.2. The first kappa shape index (κ1) is 30.9. The summed E-state index contributed by atoms with van der Waals surface area (Å²) in [5.74, 6) is 4.34. The smallest absolute Gasteiger partial charge is 0.164 e. The van der Waals surface area contributed by atoms with Gasteiger partial charge in [0.15, 0.2) is 17.5 Å². The van der Waals surface area contributed by atoms with E-state index in [2.05, 4.69) is 98.8 Å². The largest absolute Gasteiger partial charge is 0.208 e. The zero-order valence-corrected chi connectivity index (χ0v) is 28.2. The maximum Gasteiger partial charge on any atom is 0.164 e. The van der Waals surface area contributed by atoms with Gasteiger partial charge >= 0.3 is 0 Å². The summed E-state index contributed by atoms with van der Waals surface area (Å²) in [5, 5.41) is 9.43. The van der Waals surface area contributed by atoms with Crippen molar-refractivity contribution in [2.75, 3.05) is 0 Å². The van der Waals surface area contributed by atoms with E-state index >= 15 is 0 Å². The van der Waals surface area contributed by atoms with Crippen LogP contribution in [0.1, 0.15) is 57.1 Å². The van der Waals surface area contributed by atoms with Gasteiger partial charge in [-0.15, -0.1) is 0 Å². The van der Waals surface area contributed by atoms with Gasteiger partial charge in [-0.3, -0.25) is 0 Å². The average Bonchev–Trinajstić information content (AvgIpc) is 3.14. The SMILES string of the molecule is C[C@@H]1CC2C[C@H](C)CC(c3ccc(-c4nc(-c5ccccc5)nc(-c5ccc(-c6ccccc6)c(-c6ccc(C#N)cc6)c5)n4)cc3)(C2)C1. The molecule has 0 radical (unpaired) electrons. The highest BCUT2D eigenvalue weighted by Gasteiger charge is 2.45. The minimum Gasteiger partial charge on any atom is -0.208 e. The van der Waals surface area contributed by atoms with Crippen LogP contribution in [-0.4, -0.2) is 15.0 Å². The summed E-state index contributed by atoms with van der Waals surface area (Å²) in [7, 11) is 0. The molecule has 0 N–H and O–H groups in total. The predicted molar refractivity (Wildman–Crippen MR) is 198 cm³/mol. The zero-order valence-electron chi connectivity index (χ0n) is 28.2. The lowest BCUT2D eigenvalue weighted by molar-refractivity contribution is 0.0780. The molecule has 0 saturated heterocycles. The molecule has 2 saturated carbocycles. The lowest BCUT2D eigenvalue weighted by Crippen LogP contribution is -2.42. The van der Waals surface area contributed by atoms with Crippen molar-refractivity contribution in [2.45, 2.75) is 51.4 Å². The van der Waals surface area contributed by atoms with Gasteiger partial charge in [-0.25, -0.2) is 15.0 Å². The molecule has 6 aromatic rings. The Morgan fingerprint density at radius 1 is 0.531 bits per heavy atom. The highest BCUT2D eigenvalue weighted by molar-refractivity contribution is 5.86. The Labute approximate surface area is 289 Å². The summed E-state index contributed by atoms with van der Waals surface area (Å²) < 4.78 is 0. The molecule has 49 heavy (non-hydrogen) atoms.